The normalized spacial score (nSPS) is 15.7. The highest BCUT2D eigenvalue weighted by Crippen LogP contribution is 2.36. The number of thiazole rings is 1. The van der Waals surface area contributed by atoms with Gasteiger partial charge < -0.3 is 4.74 Å². The minimum Gasteiger partial charge on any atom is -0.489 e. The summed E-state index contributed by atoms with van der Waals surface area (Å²) in [5.41, 5.74) is 3.84. The first-order valence-corrected chi connectivity index (χ1v) is 13.4. The molecule has 0 spiro atoms. The molecule has 1 aliphatic heterocycles. The predicted octanol–water partition coefficient (Wildman–Crippen LogP) is 7.67. The fourth-order valence-electron chi connectivity index (χ4n) is 3.60. The van der Waals surface area contributed by atoms with E-state index in [-0.39, 0.29) is 5.91 Å². The van der Waals surface area contributed by atoms with Crippen LogP contribution in [-0.4, -0.2) is 27.5 Å². The fraction of sp³-hybridized carbons (Fsp3) is 0.107. The van der Waals surface area contributed by atoms with Crippen LogP contribution in [-0.2, 0) is 11.4 Å². The largest absolute Gasteiger partial charge is 0.489 e. The topological polar surface area (TPSA) is 54.8 Å². The maximum absolute atomic E-state index is 13.1. The van der Waals surface area contributed by atoms with E-state index < -0.39 is 0 Å². The van der Waals surface area contributed by atoms with Gasteiger partial charge in [-0.05, 0) is 60.2 Å². The first-order valence-electron chi connectivity index (χ1n) is 11.4. The van der Waals surface area contributed by atoms with E-state index in [1.807, 2.05) is 97.2 Å². The minimum absolute atomic E-state index is 0.0615. The Balaban J connectivity index is 1.32. The average Bonchev–Trinajstić information content (AvgIpc) is 3.48. The number of likely N-dealkylation sites (N-methyl/N-ethyl adjacent to an activating group) is 1. The Labute approximate surface area is 223 Å². The maximum atomic E-state index is 13.1. The van der Waals surface area contributed by atoms with Gasteiger partial charge in [-0.25, -0.2) is 4.98 Å². The molecular weight excluding hydrogens is 510 g/mol. The summed E-state index contributed by atoms with van der Waals surface area (Å²) in [7, 11) is 0. The predicted molar refractivity (Wildman–Crippen MR) is 150 cm³/mol. The molecule has 1 fully saturated rings. The SMILES string of the molecule is CCN1C(=O)/C(=C/c2cccc(OCc3ccc(Cl)cc3)c2)S/C1=N/c1nc(-c2ccccc2)cs1. The molecular formula is C28H22ClN3O2S2. The average molecular weight is 532 g/mol. The van der Waals surface area contributed by atoms with Crippen molar-refractivity contribution in [2.24, 2.45) is 4.99 Å². The number of aromatic nitrogens is 1. The van der Waals surface area contributed by atoms with Crippen LogP contribution in [0.4, 0.5) is 5.13 Å². The number of ether oxygens (including phenoxy) is 1. The van der Waals surface area contributed by atoms with Crippen LogP contribution in [0.3, 0.4) is 0 Å². The van der Waals surface area contributed by atoms with Gasteiger partial charge in [0.1, 0.15) is 12.4 Å². The van der Waals surface area contributed by atoms with Crippen molar-refractivity contribution in [1.82, 2.24) is 9.88 Å². The lowest BCUT2D eigenvalue weighted by Gasteiger charge is -2.11. The molecule has 0 bridgehead atoms. The van der Waals surface area contributed by atoms with Crippen LogP contribution in [0.15, 0.2) is 94.1 Å². The third-order valence-corrected chi connectivity index (χ3v) is 7.42. The Morgan fingerprint density at radius 2 is 1.86 bits per heavy atom. The van der Waals surface area contributed by atoms with E-state index in [1.54, 1.807) is 4.90 Å². The van der Waals surface area contributed by atoms with Crippen molar-refractivity contribution in [3.05, 3.63) is 105 Å². The number of aliphatic imine (C=N–C) groups is 1. The number of amidine groups is 1. The molecule has 0 atom stereocenters. The Morgan fingerprint density at radius 3 is 2.64 bits per heavy atom. The van der Waals surface area contributed by atoms with Crippen LogP contribution in [0.2, 0.25) is 5.02 Å². The molecule has 0 radical (unpaired) electrons. The number of hydrogen-bond donors (Lipinski definition) is 0. The molecule has 0 aliphatic carbocycles. The van der Waals surface area contributed by atoms with Crippen molar-refractivity contribution in [2.75, 3.05) is 6.54 Å². The number of thioether (sulfide) groups is 1. The summed E-state index contributed by atoms with van der Waals surface area (Å²) in [5, 5.41) is 3.94. The van der Waals surface area contributed by atoms with Crippen molar-refractivity contribution in [1.29, 1.82) is 0 Å². The summed E-state index contributed by atoms with van der Waals surface area (Å²) in [6, 6.07) is 25.3. The molecule has 1 amide bonds. The van der Waals surface area contributed by atoms with Crippen LogP contribution in [0.5, 0.6) is 5.75 Å². The first-order chi connectivity index (χ1) is 17.6. The van der Waals surface area contributed by atoms with Crippen LogP contribution < -0.4 is 4.74 Å². The fourth-order valence-corrected chi connectivity index (χ4v) is 5.53. The monoisotopic (exact) mass is 531 g/mol. The zero-order valence-corrected chi connectivity index (χ0v) is 21.8. The number of halogens is 1. The second-order valence-electron chi connectivity index (χ2n) is 7.92. The Kier molecular flexibility index (Phi) is 7.51. The summed E-state index contributed by atoms with van der Waals surface area (Å²) in [5.74, 6) is 0.667. The van der Waals surface area contributed by atoms with Crippen LogP contribution in [0.25, 0.3) is 17.3 Å². The second-order valence-corrected chi connectivity index (χ2v) is 10.2. The summed E-state index contributed by atoms with van der Waals surface area (Å²) >= 11 is 8.78. The molecule has 1 saturated heterocycles. The lowest BCUT2D eigenvalue weighted by Crippen LogP contribution is -2.28. The number of amides is 1. The number of nitrogens with zero attached hydrogens (tertiary/aromatic N) is 3. The van der Waals surface area contributed by atoms with Crippen LogP contribution in [0.1, 0.15) is 18.1 Å². The van der Waals surface area contributed by atoms with Gasteiger partial charge in [0.25, 0.3) is 5.91 Å². The van der Waals surface area contributed by atoms with E-state index in [4.69, 9.17) is 21.3 Å². The van der Waals surface area contributed by atoms with Crippen molar-refractivity contribution in [2.45, 2.75) is 13.5 Å². The molecule has 36 heavy (non-hydrogen) atoms. The summed E-state index contributed by atoms with van der Waals surface area (Å²) in [6.07, 6.45) is 1.88. The summed E-state index contributed by atoms with van der Waals surface area (Å²) < 4.78 is 5.94. The first kappa shape index (κ1) is 24.3. The number of carbonyl (C=O) groups excluding carboxylic acids is 1. The van der Waals surface area contributed by atoms with Crippen molar-refractivity contribution >= 4 is 57.0 Å². The number of hydrogen-bond acceptors (Lipinski definition) is 6. The summed E-state index contributed by atoms with van der Waals surface area (Å²) in [6.45, 7) is 2.91. The summed E-state index contributed by atoms with van der Waals surface area (Å²) in [4.78, 5) is 24.7. The van der Waals surface area contributed by atoms with E-state index in [0.29, 0.717) is 33.4 Å². The smallest absolute Gasteiger partial charge is 0.266 e. The molecule has 8 heteroatoms. The number of benzene rings is 3. The van der Waals surface area contributed by atoms with E-state index >= 15 is 0 Å². The molecule has 3 aromatic carbocycles. The van der Waals surface area contributed by atoms with Gasteiger partial charge >= 0.3 is 0 Å². The van der Waals surface area contributed by atoms with E-state index in [1.165, 1.54) is 23.1 Å². The highest BCUT2D eigenvalue weighted by atomic mass is 35.5. The van der Waals surface area contributed by atoms with Gasteiger partial charge in [0.15, 0.2) is 5.17 Å². The zero-order valence-electron chi connectivity index (χ0n) is 19.4. The van der Waals surface area contributed by atoms with Crippen molar-refractivity contribution < 1.29 is 9.53 Å². The van der Waals surface area contributed by atoms with Crippen LogP contribution >= 0.6 is 34.7 Å². The molecule has 0 N–H and O–H groups in total. The third-order valence-electron chi connectivity index (χ3n) is 5.43. The van der Waals surface area contributed by atoms with Gasteiger partial charge in [-0.2, -0.15) is 4.99 Å². The molecule has 1 aromatic heterocycles. The minimum atomic E-state index is -0.0615. The molecule has 1 aliphatic rings. The molecule has 5 nitrogen and oxygen atoms in total. The standard InChI is InChI=1S/C28H22ClN3O2S2/c1-2-32-26(33)25(36-28(32)31-27-30-24(18-35-27)21-8-4-3-5-9-21)16-20-7-6-10-23(15-20)34-17-19-11-13-22(29)14-12-19/h3-16,18H,2,17H2,1H3/b25-16-,31-28+. The Hall–Kier alpha value is -3.39. The second kappa shape index (κ2) is 11.1. The third kappa shape index (κ3) is 5.70. The molecule has 180 valence electrons. The van der Waals surface area contributed by atoms with Crippen molar-refractivity contribution in [3.8, 4) is 17.0 Å². The van der Waals surface area contributed by atoms with Gasteiger partial charge in [0.05, 0.1) is 10.6 Å². The van der Waals surface area contributed by atoms with E-state index in [9.17, 15) is 4.79 Å². The van der Waals surface area contributed by atoms with E-state index in [0.717, 1.165) is 28.1 Å². The molecule has 2 heterocycles. The molecule has 0 saturated carbocycles. The highest BCUT2D eigenvalue weighted by Gasteiger charge is 2.32. The van der Waals surface area contributed by atoms with Gasteiger partial charge in [-0.3, -0.25) is 9.69 Å². The maximum Gasteiger partial charge on any atom is 0.266 e. The number of carbonyl (C=O) groups is 1. The van der Waals surface area contributed by atoms with Gasteiger partial charge in [0, 0.05) is 22.5 Å². The lowest BCUT2D eigenvalue weighted by atomic mass is 10.2. The van der Waals surface area contributed by atoms with Gasteiger partial charge in [-0.15, -0.1) is 11.3 Å². The van der Waals surface area contributed by atoms with E-state index in [2.05, 4.69) is 4.98 Å². The van der Waals surface area contributed by atoms with Crippen molar-refractivity contribution in [3.63, 3.8) is 0 Å². The highest BCUT2D eigenvalue weighted by molar-refractivity contribution is 8.18. The molecule has 5 rings (SSSR count). The number of rotatable bonds is 7. The van der Waals surface area contributed by atoms with Crippen LogP contribution in [0, 0.1) is 0 Å². The molecule has 4 aromatic rings. The lowest BCUT2D eigenvalue weighted by molar-refractivity contribution is -0.122. The molecule has 0 unspecified atom stereocenters. The van der Waals surface area contributed by atoms with Gasteiger partial charge in [0.2, 0.25) is 5.13 Å². The zero-order chi connectivity index (χ0) is 24.9. The Bertz CT molecular complexity index is 1430. The Morgan fingerprint density at radius 1 is 1.06 bits per heavy atom. The quantitative estimate of drug-likeness (QED) is 0.230. The van der Waals surface area contributed by atoms with Gasteiger partial charge in [-0.1, -0.05) is 66.2 Å².